The molecular weight excluding hydrogens is 597 g/mol. The lowest BCUT2D eigenvalue weighted by atomic mass is 9.82. The zero-order valence-electron chi connectivity index (χ0n) is 23.0. The van der Waals surface area contributed by atoms with Gasteiger partial charge in [-0.2, -0.15) is 4.31 Å². The lowest BCUT2D eigenvalue weighted by Gasteiger charge is -2.37. The number of hydrogen-bond donors (Lipinski definition) is 6. The van der Waals surface area contributed by atoms with Crippen molar-refractivity contribution in [3.05, 3.63) is 71.8 Å². The van der Waals surface area contributed by atoms with E-state index in [0.29, 0.717) is 6.42 Å². The third kappa shape index (κ3) is 13.0. The molecule has 0 aliphatic heterocycles. The van der Waals surface area contributed by atoms with Gasteiger partial charge in [0.2, 0.25) is 0 Å². The monoisotopic (exact) mass is 638 g/mol. The van der Waals surface area contributed by atoms with Gasteiger partial charge < -0.3 is 34.3 Å². The van der Waals surface area contributed by atoms with Crippen LogP contribution in [-0.2, 0) is 32.6 Å². The normalized spacial score (nSPS) is 16.2. The molecule has 2 rings (SSSR count). The minimum Gasteiger partial charge on any atom is -0.394 e. The first-order valence-corrected chi connectivity index (χ1v) is 17.6. The highest BCUT2D eigenvalue weighted by Gasteiger charge is 2.40. The first-order valence-electron chi connectivity index (χ1n) is 13.4. The average molecular weight is 639 g/mol. The van der Waals surface area contributed by atoms with E-state index in [1.54, 1.807) is 0 Å². The molecule has 2 aromatic carbocycles. The number of aliphatic hydroxyl groups is 2. The molecule has 0 amide bonds. The number of hydrogen-bond acceptors (Lipinski definition) is 9. The predicted octanol–water partition coefficient (Wildman–Crippen LogP) is 5.27. The fourth-order valence-corrected chi connectivity index (χ4v) is 6.92. The van der Waals surface area contributed by atoms with Gasteiger partial charge in [0.05, 0.1) is 13.2 Å². The second-order valence-electron chi connectivity index (χ2n) is 9.49. The van der Waals surface area contributed by atoms with E-state index in [0.717, 1.165) is 43.2 Å². The number of phosphoric ester groups is 1. The Morgan fingerprint density at radius 1 is 0.854 bits per heavy atom. The summed E-state index contributed by atoms with van der Waals surface area (Å²) in [4.78, 5) is 38.2. The topological polar surface area (TPSA) is 192 Å². The molecule has 0 heterocycles. The van der Waals surface area contributed by atoms with Crippen LogP contribution < -0.4 is 0 Å². The minimum atomic E-state index is -5.38. The molecule has 15 heteroatoms. The van der Waals surface area contributed by atoms with Crippen LogP contribution in [0.25, 0.3) is 0 Å². The largest absolute Gasteiger partial charge is 0.481 e. The van der Waals surface area contributed by atoms with Gasteiger partial charge in [0.1, 0.15) is 17.8 Å². The van der Waals surface area contributed by atoms with Crippen molar-refractivity contribution in [2.75, 3.05) is 13.2 Å². The van der Waals surface area contributed by atoms with Gasteiger partial charge in [0.15, 0.2) is 0 Å². The van der Waals surface area contributed by atoms with Crippen LogP contribution in [0.2, 0.25) is 0 Å². The molecule has 0 radical (unpaired) electrons. The summed E-state index contributed by atoms with van der Waals surface area (Å²) in [6.45, 7) is 0.307. The van der Waals surface area contributed by atoms with Gasteiger partial charge in [0, 0.05) is 0 Å². The van der Waals surface area contributed by atoms with Crippen LogP contribution in [0.5, 0.6) is 0 Å². The molecule has 12 nitrogen and oxygen atoms in total. The maximum absolute atomic E-state index is 11.9. The zero-order chi connectivity index (χ0) is 30.4. The molecular formula is C26H41O12P3. The summed E-state index contributed by atoms with van der Waals surface area (Å²) < 4.78 is 42.9. The number of unbranched alkanes of at least 4 members (excludes halogenated alkanes) is 6. The van der Waals surface area contributed by atoms with E-state index in [9.17, 15) is 29.1 Å². The number of rotatable bonds is 21. The Hall–Kier alpha value is -1.07. The van der Waals surface area contributed by atoms with E-state index >= 15 is 0 Å². The Labute approximate surface area is 242 Å². The number of aliphatic hydroxyl groups excluding tert-OH is 2. The third-order valence-corrected chi connectivity index (χ3v) is 9.37. The van der Waals surface area contributed by atoms with Crippen molar-refractivity contribution >= 4 is 24.2 Å². The maximum atomic E-state index is 11.9. The summed E-state index contributed by atoms with van der Waals surface area (Å²) in [7, 11) is -13.5. The Morgan fingerprint density at radius 2 is 1.37 bits per heavy atom. The molecule has 2 aromatic rings. The van der Waals surface area contributed by atoms with Gasteiger partial charge >= 0.3 is 24.2 Å². The van der Waals surface area contributed by atoms with E-state index in [1.165, 1.54) is 12.8 Å². The highest BCUT2D eigenvalue weighted by molar-refractivity contribution is 7.60. The van der Waals surface area contributed by atoms with Crippen LogP contribution in [0.4, 0.5) is 0 Å². The maximum Gasteiger partial charge on any atom is 0.481 e. The summed E-state index contributed by atoms with van der Waals surface area (Å²) >= 11 is 0. The Morgan fingerprint density at radius 3 is 1.85 bits per heavy atom. The summed E-state index contributed by atoms with van der Waals surface area (Å²) in [6, 6.07) is 18.5. The van der Waals surface area contributed by atoms with Crippen molar-refractivity contribution in [3.63, 3.8) is 0 Å². The molecule has 0 aliphatic carbocycles. The zero-order valence-corrected chi connectivity index (χ0v) is 25.7. The van der Waals surface area contributed by atoms with Crippen molar-refractivity contribution in [2.45, 2.75) is 76.1 Å². The van der Waals surface area contributed by atoms with E-state index < -0.39 is 55.3 Å². The molecule has 2 unspecified atom stereocenters. The fraction of sp³-hybridized carbons (Fsp3) is 0.538. The van der Waals surface area contributed by atoms with Crippen LogP contribution in [0, 0.1) is 0 Å². The molecule has 0 saturated heterocycles. The summed E-state index contributed by atoms with van der Waals surface area (Å²) in [6.07, 6.45) is 4.51. The lowest BCUT2D eigenvalue weighted by molar-refractivity contribution is -0.0411. The van der Waals surface area contributed by atoms with Crippen LogP contribution in [0.1, 0.15) is 69.4 Å². The van der Waals surface area contributed by atoms with Crippen LogP contribution in [0.15, 0.2) is 60.7 Å². The van der Waals surface area contributed by atoms with Crippen molar-refractivity contribution in [3.8, 4) is 0 Å². The van der Waals surface area contributed by atoms with Gasteiger partial charge in [-0.15, -0.1) is 0 Å². The third-order valence-electron chi connectivity index (χ3n) is 6.30. The van der Waals surface area contributed by atoms with Crippen LogP contribution in [0.3, 0.4) is 0 Å². The van der Waals surface area contributed by atoms with Gasteiger partial charge in [-0.3, -0.25) is 9.05 Å². The molecule has 4 atom stereocenters. The molecule has 0 saturated carbocycles. The van der Waals surface area contributed by atoms with E-state index in [1.807, 2.05) is 60.7 Å². The summed E-state index contributed by atoms with van der Waals surface area (Å²) in [5.41, 5.74) is 0.318. The van der Waals surface area contributed by atoms with Gasteiger partial charge in [-0.05, 0) is 24.0 Å². The predicted molar refractivity (Wildman–Crippen MR) is 153 cm³/mol. The van der Waals surface area contributed by atoms with Crippen molar-refractivity contribution < 1.29 is 56.8 Å². The molecule has 0 aliphatic rings. The first-order chi connectivity index (χ1) is 19.4. The summed E-state index contributed by atoms with van der Waals surface area (Å²) in [5.74, 6) is 0. The smallest absolute Gasteiger partial charge is 0.394 e. The highest BCUT2D eigenvalue weighted by Crippen LogP contribution is 2.58. The second-order valence-corrected chi connectivity index (χ2v) is 13.2. The van der Waals surface area contributed by atoms with E-state index in [-0.39, 0.29) is 0 Å². The molecule has 232 valence electrons. The number of benzene rings is 2. The average Bonchev–Trinajstić information content (AvgIpc) is 2.93. The SMILES string of the molecule is CCCCCCCCCC(OP(O)O[C@@H](COP(=O)(O)OP(=O)(O)O)[C@H](O)CO)(c1ccccc1)c1ccccc1. The van der Waals surface area contributed by atoms with E-state index in [2.05, 4.69) is 15.8 Å². The molecule has 0 bridgehead atoms. The Kier molecular flexibility index (Phi) is 15.8. The molecule has 41 heavy (non-hydrogen) atoms. The van der Waals surface area contributed by atoms with Gasteiger partial charge in [0.25, 0.3) is 0 Å². The first kappa shape index (κ1) is 36.1. The standard InChI is InChI=1S/C26H41O12P3/c1-2-3-4-5-6-7-14-19-26(22-15-10-8-11-16-22,23-17-12-9-13-18-23)37-39(29)36-25(24(28)20-27)21-35-41(33,34)38-40(30,31)32/h8-13,15-18,24-25,27-29H,2-7,14,19-21H2,1H3,(H,33,34)(H2,30,31,32)/t24-,25+,39?/m1/s1. The fourth-order valence-electron chi connectivity index (χ4n) is 4.28. The van der Waals surface area contributed by atoms with Crippen LogP contribution >= 0.6 is 24.2 Å². The molecule has 0 fully saturated rings. The van der Waals surface area contributed by atoms with Gasteiger partial charge in [-0.25, -0.2) is 9.13 Å². The minimum absolute atomic E-state index is 0.475. The van der Waals surface area contributed by atoms with Crippen LogP contribution in [-0.4, -0.2) is 55.2 Å². The highest BCUT2D eigenvalue weighted by atomic mass is 31.3. The summed E-state index contributed by atoms with van der Waals surface area (Å²) in [5, 5.41) is 19.7. The quantitative estimate of drug-likeness (QED) is 0.0768. The van der Waals surface area contributed by atoms with E-state index in [4.69, 9.17) is 18.8 Å². The molecule has 0 spiro atoms. The van der Waals surface area contributed by atoms with Crippen molar-refractivity contribution in [1.82, 2.24) is 0 Å². The van der Waals surface area contributed by atoms with Crippen molar-refractivity contribution in [2.24, 2.45) is 0 Å². The molecule has 0 aromatic heterocycles. The van der Waals surface area contributed by atoms with Crippen molar-refractivity contribution in [1.29, 1.82) is 0 Å². The number of phosphoric acid groups is 2. The van der Waals surface area contributed by atoms with Gasteiger partial charge in [-0.1, -0.05) is 106 Å². The Balaban J connectivity index is 2.28. The second kappa shape index (κ2) is 17.9. The molecule has 6 N–H and O–H groups in total. The Bertz CT molecular complexity index is 1050. The lowest BCUT2D eigenvalue weighted by Crippen LogP contribution is -2.36.